The van der Waals surface area contributed by atoms with Crippen molar-refractivity contribution in [2.75, 3.05) is 13.2 Å². The minimum Gasteiger partial charge on any atom is -0.490 e. The van der Waals surface area contributed by atoms with E-state index in [2.05, 4.69) is 69.3 Å². The number of benzene rings is 3. The van der Waals surface area contributed by atoms with E-state index < -0.39 is 31.8 Å². The Morgan fingerprint density at radius 2 is 1.52 bits per heavy atom. The van der Waals surface area contributed by atoms with Crippen molar-refractivity contribution in [3.8, 4) is 11.5 Å². The number of carbonyl (C=O) groups excluding carboxylic acids is 2. The number of amides is 1. The van der Waals surface area contributed by atoms with Gasteiger partial charge in [0.15, 0.2) is 0 Å². The molecule has 0 N–H and O–H groups in total. The van der Waals surface area contributed by atoms with Gasteiger partial charge in [-0.25, -0.2) is 9.59 Å². The van der Waals surface area contributed by atoms with Gasteiger partial charge in [-0.3, -0.25) is 4.90 Å². The molecule has 3 aromatic rings. The van der Waals surface area contributed by atoms with Crippen LogP contribution in [0.1, 0.15) is 77.7 Å². The molecular weight excluding hydrogens is 598 g/mol. The first kappa shape index (κ1) is 33.5. The maximum Gasteiger partial charge on any atom is 0.410 e. The summed E-state index contributed by atoms with van der Waals surface area (Å²) in [5.41, 5.74) is 0.442. The van der Waals surface area contributed by atoms with E-state index >= 15 is 0 Å². The number of nitrogens with zero attached hydrogens (tertiary/aromatic N) is 1. The van der Waals surface area contributed by atoms with Gasteiger partial charge in [-0.15, -0.1) is 0 Å². The van der Waals surface area contributed by atoms with Crippen LogP contribution in [-0.4, -0.2) is 62.0 Å². The second kappa shape index (κ2) is 12.4. The van der Waals surface area contributed by atoms with E-state index in [9.17, 15) is 9.59 Å². The van der Waals surface area contributed by atoms with Crippen molar-refractivity contribution < 1.29 is 33.0 Å². The van der Waals surface area contributed by atoms with Gasteiger partial charge in [0.1, 0.15) is 29.3 Å². The minimum atomic E-state index is -2.89. The van der Waals surface area contributed by atoms with Crippen molar-refractivity contribution in [3.63, 3.8) is 0 Å². The van der Waals surface area contributed by atoms with E-state index in [1.807, 2.05) is 39.8 Å². The molecule has 3 aromatic carbocycles. The van der Waals surface area contributed by atoms with Crippen molar-refractivity contribution in [2.45, 2.75) is 97.3 Å². The largest absolute Gasteiger partial charge is 0.490 e. The number of likely N-dealkylation sites (tertiary alicyclic amines) is 1. The molecule has 0 spiro atoms. The SMILES string of the molecule is Cc1cc(OC[C@@H]2C[C@@H](O[Si](c3ccccc3)(c3ccccc3)C(C)(C)C)CN2C(=O)OC(C)(C)C)c2c(c1)OC(C)(C)OC2=O. The highest BCUT2D eigenvalue weighted by Gasteiger charge is 2.53. The molecule has 0 aliphatic carbocycles. The highest BCUT2D eigenvalue weighted by Crippen LogP contribution is 2.41. The average molecular weight is 646 g/mol. The number of cyclic esters (lactones) is 1. The quantitative estimate of drug-likeness (QED) is 0.211. The summed E-state index contributed by atoms with van der Waals surface area (Å²) in [5, 5.41) is 2.12. The average Bonchev–Trinajstić information content (AvgIpc) is 3.35. The molecule has 0 aromatic heterocycles. The molecule has 0 radical (unpaired) electrons. The van der Waals surface area contributed by atoms with Crippen molar-refractivity contribution in [1.29, 1.82) is 0 Å². The van der Waals surface area contributed by atoms with Crippen LogP contribution in [-0.2, 0) is 13.9 Å². The van der Waals surface area contributed by atoms with Gasteiger partial charge >= 0.3 is 12.1 Å². The molecular formula is C37H47NO7Si. The molecule has 2 aliphatic heterocycles. The third-order valence-electron chi connectivity index (χ3n) is 8.30. The molecule has 2 atom stereocenters. The van der Waals surface area contributed by atoms with Gasteiger partial charge in [0.05, 0.1) is 12.1 Å². The molecule has 2 heterocycles. The van der Waals surface area contributed by atoms with Gasteiger partial charge in [0.25, 0.3) is 8.32 Å². The molecule has 1 fully saturated rings. The van der Waals surface area contributed by atoms with Crippen LogP contribution in [0.25, 0.3) is 0 Å². The van der Waals surface area contributed by atoms with Crippen LogP contribution in [0.4, 0.5) is 4.79 Å². The van der Waals surface area contributed by atoms with E-state index in [1.165, 1.54) is 10.4 Å². The maximum absolute atomic E-state index is 13.7. The summed E-state index contributed by atoms with van der Waals surface area (Å²) in [6, 6.07) is 24.2. The zero-order valence-corrected chi connectivity index (χ0v) is 29.5. The Bertz CT molecular complexity index is 1520. The monoisotopic (exact) mass is 645 g/mol. The molecule has 2 aliphatic rings. The predicted octanol–water partition coefficient (Wildman–Crippen LogP) is 6.61. The van der Waals surface area contributed by atoms with E-state index in [0.29, 0.717) is 24.5 Å². The highest BCUT2D eigenvalue weighted by atomic mass is 28.4. The van der Waals surface area contributed by atoms with E-state index in [0.717, 1.165) is 5.56 Å². The molecule has 1 amide bonds. The predicted molar refractivity (Wildman–Crippen MR) is 181 cm³/mol. The Hall–Kier alpha value is -3.82. The van der Waals surface area contributed by atoms with Crippen molar-refractivity contribution >= 4 is 30.8 Å². The first-order valence-corrected chi connectivity index (χ1v) is 17.9. The van der Waals surface area contributed by atoms with Gasteiger partial charge in [-0.2, -0.15) is 0 Å². The lowest BCUT2D eigenvalue weighted by Crippen LogP contribution is -2.67. The van der Waals surface area contributed by atoms with Gasteiger partial charge in [0, 0.05) is 20.4 Å². The number of rotatable bonds is 7. The lowest BCUT2D eigenvalue weighted by Gasteiger charge is -2.44. The Balaban J connectivity index is 1.49. The molecule has 0 unspecified atom stereocenters. The fourth-order valence-electron chi connectivity index (χ4n) is 6.46. The minimum absolute atomic E-state index is 0.131. The summed E-state index contributed by atoms with van der Waals surface area (Å²) >= 11 is 0. The van der Waals surface area contributed by atoms with Crippen LogP contribution < -0.4 is 19.8 Å². The van der Waals surface area contributed by atoms with Gasteiger partial charge in [0.2, 0.25) is 5.79 Å². The molecule has 0 bridgehead atoms. The topological polar surface area (TPSA) is 83.5 Å². The van der Waals surface area contributed by atoms with Gasteiger partial charge < -0.3 is 23.4 Å². The van der Waals surface area contributed by atoms with Gasteiger partial charge in [-0.05, 0) is 67.2 Å². The molecule has 46 heavy (non-hydrogen) atoms. The van der Waals surface area contributed by atoms with Crippen LogP contribution in [0.5, 0.6) is 11.5 Å². The molecule has 5 rings (SSSR count). The first-order valence-electron chi connectivity index (χ1n) is 16.0. The van der Waals surface area contributed by atoms with Crippen LogP contribution in [0.2, 0.25) is 5.04 Å². The standard InChI is InChI=1S/C37H47NO7Si/c1-25-20-30(32-31(21-25)42-37(8,9)43-33(32)39)41-24-26-22-27(23-38(26)34(40)44-35(2,3)4)45-46(36(5,6)7,28-16-12-10-13-17-28)29-18-14-11-15-19-29/h10-21,26-27H,22-24H2,1-9H3/t26-,27+/m0/s1. The Morgan fingerprint density at radius 3 is 2.07 bits per heavy atom. The lowest BCUT2D eigenvalue weighted by atomic mass is 10.1. The molecule has 1 saturated heterocycles. The summed E-state index contributed by atoms with van der Waals surface area (Å²) in [6.45, 7) is 18.1. The molecule has 8 nitrogen and oxygen atoms in total. The summed E-state index contributed by atoms with van der Waals surface area (Å²) < 4.78 is 31.1. The first-order chi connectivity index (χ1) is 21.5. The van der Waals surface area contributed by atoms with E-state index in [1.54, 1.807) is 30.9 Å². The molecule has 0 saturated carbocycles. The number of hydrogen-bond acceptors (Lipinski definition) is 7. The second-order valence-corrected chi connectivity index (χ2v) is 19.0. The van der Waals surface area contributed by atoms with E-state index in [-0.39, 0.29) is 29.4 Å². The van der Waals surface area contributed by atoms with Crippen molar-refractivity contribution in [1.82, 2.24) is 4.90 Å². The number of carbonyl (C=O) groups is 2. The fourth-order valence-corrected chi connectivity index (χ4v) is 11.2. The number of hydrogen-bond donors (Lipinski definition) is 0. The van der Waals surface area contributed by atoms with Crippen LogP contribution in [0.3, 0.4) is 0 Å². The van der Waals surface area contributed by atoms with Crippen LogP contribution in [0.15, 0.2) is 72.8 Å². The Labute approximate surface area is 274 Å². The number of ether oxygens (including phenoxy) is 4. The second-order valence-electron chi connectivity index (χ2n) is 14.8. The number of esters is 1. The molecule has 246 valence electrons. The summed E-state index contributed by atoms with van der Waals surface area (Å²) in [7, 11) is -2.89. The van der Waals surface area contributed by atoms with E-state index in [4.69, 9.17) is 23.4 Å². The number of aryl methyl sites for hydroxylation is 1. The fraction of sp³-hybridized carbons (Fsp3) is 0.459. The zero-order valence-electron chi connectivity index (χ0n) is 28.5. The third kappa shape index (κ3) is 6.95. The third-order valence-corrected chi connectivity index (χ3v) is 13.4. The zero-order chi connectivity index (χ0) is 33.5. The smallest absolute Gasteiger partial charge is 0.410 e. The normalized spacial score (nSPS) is 19.6. The summed E-state index contributed by atoms with van der Waals surface area (Å²) in [5.74, 6) is -0.820. The number of fused-ring (bicyclic) bond motifs is 1. The Morgan fingerprint density at radius 1 is 0.935 bits per heavy atom. The summed E-state index contributed by atoms with van der Waals surface area (Å²) in [6.07, 6.45) is -0.176. The van der Waals surface area contributed by atoms with Crippen molar-refractivity contribution in [2.24, 2.45) is 0 Å². The summed E-state index contributed by atoms with van der Waals surface area (Å²) in [4.78, 5) is 28.4. The molecule has 9 heteroatoms. The highest BCUT2D eigenvalue weighted by molar-refractivity contribution is 6.99. The van der Waals surface area contributed by atoms with Crippen LogP contribution in [0, 0.1) is 6.92 Å². The maximum atomic E-state index is 13.7. The van der Waals surface area contributed by atoms with Crippen LogP contribution >= 0.6 is 0 Å². The lowest BCUT2D eigenvalue weighted by molar-refractivity contribution is -0.127. The van der Waals surface area contributed by atoms with Gasteiger partial charge in [-0.1, -0.05) is 81.4 Å². The van der Waals surface area contributed by atoms with Crippen molar-refractivity contribution in [3.05, 3.63) is 83.9 Å². The Kier molecular flexibility index (Phi) is 9.05.